The van der Waals surface area contributed by atoms with Gasteiger partial charge < -0.3 is 0 Å². The van der Waals surface area contributed by atoms with Crippen molar-refractivity contribution >= 4 is 21.4 Å². The molecule has 1 heterocycles. The van der Waals surface area contributed by atoms with Crippen LogP contribution >= 0.6 is 11.3 Å². The van der Waals surface area contributed by atoms with Crippen LogP contribution in [0.25, 0.3) is 0 Å². The molecule has 0 aliphatic heterocycles. The fourth-order valence-corrected chi connectivity index (χ4v) is 5.02. The predicted octanol–water partition coefficient (Wildman–Crippen LogP) is 2.81. The van der Waals surface area contributed by atoms with Crippen LogP contribution in [0.15, 0.2) is 16.3 Å². The van der Waals surface area contributed by atoms with Crippen LogP contribution in [0.2, 0.25) is 0 Å². The summed E-state index contributed by atoms with van der Waals surface area (Å²) in [6.07, 6.45) is 2.96. The molecule has 1 aromatic rings. The molecule has 1 aliphatic rings. The van der Waals surface area contributed by atoms with E-state index in [0.717, 1.165) is 17.7 Å². The highest BCUT2D eigenvalue weighted by Gasteiger charge is 2.38. The van der Waals surface area contributed by atoms with Crippen molar-refractivity contribution in [1.82, 2.24) is 4.72 Å². The van der Waals surface area contributed by atoms with Crippen LogP contribution in [0.5, 0.6) is 0 Å². The van der Waals surface area contributed by atoms with Crippen molar-refractivity contribution in [3.05, 3.63) is 17.0 Å². The van der Waals surface area contributed by atoms with E-state index in [-0.39, 0.29) is 0 Å². The van der Waals surface area contributed by atoms with Gasteiger partial charge in [-0.25, -0.2) is 8.42 Å². The maximum Gasteiger partial charge on any atom is 0.251 e. The predicted molar refractivity (Wildman–Crippen MR) is 75.4 cm³/mol. The van der Waals surface area contributed by atoms with Crippen LogP contribution in [-0.4, -0.2) is 14.0 Å². The Kier molecular flexibility index (Phi) is 4.00. The third-order valence-electron chi connectivity index (χ3n) is 3.65. The van der Waals surface area contributed by atoms with Gasteiger partial charge in [-0.1, -0.05) is 6.92 Å². The first-order chi connectivity index (χ1) is 8.87. The molecule has 6 heteroatoms. The summed E-state index contributed by atoms with van der Waals surface area (Å²) in [5.41, 5.74) is -0.927. The number of hydrogen-bond donors (Lipinski definition) is 1. The van der Waals surface area contributed by atoms with Crippen LogP contribution in [0.3, 0.4) is 0 Å². The lowest BCUT2D eigenvalue weighted by molar-refractivity contribution is 0.278. The third kappa shape index (κ3) is 3.16. The van der Waals surface area contributed by atoms with E-state index in [1.807, 2.05) is 6.92 Å². The molecule has 0 unspecified atom stereocenters. The lowest BCUT2D eigenvalue weighted by atomic mass is 9.79. The Morgan fingerprint density at radius 1 is 1.42 bits per heavy atom. The summed E-state index contributed by atoms with van der Waals surface area (Å²) in [6.45, 7) is 4.00. The molecule has 0 radical (unpaired) electrons. The first-order valence-electron chi connectivity index (χ1n) is 6.39. The Morgan fingerprint density at radius 2 is 2.05 bits per heavy atom. The highest BCUT2D eigenvalue weighted by atomic mass is 32.2. The van der Waals surface area contributed by atoms with Gasteiger partial charge in [-0.2, -0.15) is 9.98 Å². The van der Waals surface area contributed by atoms with Gasteiger partial charge in [0.05, 0.1) is 6.07 Å². The minimum absolute atomic E-state index is 0.290. The Morgan fingerprint density at radius 3 is 2.53 bits per heavy atom. The average Bonchev–Trinajstić information content (AvgIpc) is 2.80. The molecule has 1 aromatic heterocycles. The summed E-state index contributed by atoms with van der Waals surface area (Å²) in [5.74, 6) is 0.565. The van der Waals surface area contributed by atoms with Crippen molar-refractivity contribution in [1.29, 1.82) is 5.26 Å². The lowest BCUT2D eigenvalue weighted by Crippen LogP contribution is -2.49. The fourth-order valence-electron chi connectivity index (χ4n) is 2.36. The van der Waals surface area contributed by atoms with Crippen LogP contribution < -0.4 is 4.72 Å². The van der Waals surface area contributed by atoms with Crippen molar-refractivity contribution < 1.29 is 8.42 Å². The maximum atomic E-state index is 12.3. The molecular weight excluding hydrogens is 280 g/mol. The second-order valence-electron chi connectivity index (χ2n) is 5.35. The van der Waals surface area contributed by atoms with E-state index in [1.165, 1.54) is 11.3 Å². The van der Waals surface area contributed by atoms with Crippen molar-refractivity contribution in [2.75, 3.05) is 0 Å². The molecule has 19 heavy (non-hydrogen) atoms. The quantitative estimate of drug-likeness (QED) is 0.932. The smallest absolute Gasteiger partial charge is 0.206 e. The number of hydrogen-bond acceptors (Lipinski definition) is 4. The number of nitriles is 1. The molecule has 0 atom stereocenters. The average molecular weight is 298 g/mol. The van der Waals surface area contributed by atoms with Gasteiger partial charge in [-0.15, -0.1) is 11.3 Å². The minimum Gasteiger partial charge on any atom is -0.206 e. The van der Waals surface area contributed by atoms with E-state index in [0.29, 0.717) is 23.0 Å². The Hall–Kier alpha value is -0.900. The zero-order chi connectivity index (χ0) is 14.1. The van der Waals surface area contributed by atoms with Crippen LogP contribution in [0.1, 0.15) is 37.5 Å². The normalized spacial score (nSPS) is 27.9. The van der Waals surface area contributed by atoms with E-state index in [4.69, 9.17) is 0 Å². The zero-order valence-electron chi connectivity index (χ0n) is 11.1. The van der Waals surface area contributed by atoms with Crippen molar-refractivity contribution in [2.45, 2.75) is 49.3 Å². The molecule has 2 rings (SSSR count). The summed E-state index contributed by atoms with van der Waals surface area (Å²) in [6, 6.07) is 5.56. The second-order valence-corrected chi connectivity index (χ2v) is 8.54. The van der Waals surface area contributed by atoms with Gasteiger partial charge >= 0.3 is 0 Å². The lowest BCUT2D eigenvalue weighted by Gasteiger charge is -2.33. The first-order valence-corrected chi connectivity index (χ1v) is 8.68. The second kappa shape index (κ2) is 5.23. The maximum absolute atomic E-state index is 12.3. The molecule has 0 aromatic carbocycles. The Balaban J connectivity index is 2.21. The monoisotopic (exact) mass is 298 g/mol. The molecule has 1 aliphatic carbocycles. The van der Waals surface area contributed by atoms with E-state index in [1.54, 1.807) is 12.1 Å². The Bertz CT molecular complexity index is 590. The molecule has 104 valence electrons. The van der Waals surface area contributed by atoms with Gasteiger partial charge in [-0.05, 0) is 50.7 Å². The van der Waals surface area contributed by atoms with Crippen molar-refractivity contribution in [3.63, 3.8) is 0 Å². The molecule has 0 spiro atoms. The summed E-state index contributed by atoms with van der Waals surface area (Å²) in [4.78, 5) is 0.948. The molecule has 1 N–H and O–H groups in total. The van der Waals surface area contributed by atoms with Gasteiger partial charge in [0, 0.05) is 4.88 Å². The molecule has 1 fully saturated rings. The van der Waals surface area contributed by atoms with E-state index in [9.17, 15) is 13.7 Å². The van der Waals surface area contributed by atoms with Crippen molar-refractivity contribution in [3.8, 4) is 6.07 Å². The summed E-state index contributed by atoms with van der Waals surface area (Å²) in [7, 11) is -3.58. The first kappa shape index (κ1) is 14.5. The van der Waals surface area contributed by atoms with E-state index < -0.39 is 15.6 Å². The van der Waals surface area contributed by atoms with E-state index >= 15 is 0 Å². The van der Waals surface area contributed by atoms with Gasteiger partial charge in [0.1, 0.15) is 9.75 Å². The standard InChI is InChI=1S/C13H18N2O2S2/c1-10-5-7-13(9-14,8-6-10)15-19(16,17)12-4-3-11(2)18-12/h3-4,10,15H,5-8H2,1-2H3. The van der Waals surface area contributed by atoms with Crippen molar-refractivity contribution in [2.24, 2.45) is 5.92 Å². The number of nitrogens with zero attached hydrogens (tertiary/aromatic N) is 1. The number of nitrogens with one attached hydrogen (secondary N) is 1. The number of sulfonamides is 1. The van der Waals surface area contributed by atoms with Crippen LogP contribution in [0.4, 0.5) is 0 Å². The number of aryl methyl sites for hydroxylation is 1. The molecular formula is C13H18N2O2S2. The van der Waals surface area contributed by atoms with Gasteiger partial charge in [0.15, 0.2) is 0 Å². The number of rotatable bonds is 3. The third-order valence-corrected chi connectivity index (χ3v) is 6.68. The SMILES string of the molecule is Cc1ccc(S(=O)(=O)NC2(C#N)CCC(C)CC2)s1. The molecule has 0 saturated heterocycles. The molecule has 1 saturated carbocycles. The summed E-state index contributed by atoms with van der Waals surface area (Å²) in [5, 5.41) is 9.37. The molecule has 4 nitrogen and oxygen atoms in total. The van der Waals surface area contributed by atoms with Gasteiger partial charge in [0.2, 0.25) is 0 Å². The van der Waals surface area contributed by atoms with Gasteiger partial charge in [-0.3, -0.25) is 0 Å². The highest BCUT2D eigenvalue weighted by Crippen LogP contribution is 2.33. The van der Waals surface area contributed by atoms with Gasteiger partial charge in [0.25, 0.3) is 10.0 Å². The zero-order valence-corrected chi connectivity index (χ0v) is 12.8. The minimum atomic E-state index is -3.58. The largest absolute Gasteiger partial charge is 0.251 e. The van der Waals surface area contributed by atoms with E-state index in [2.05, 4.69) is 17.7 Å². The van der Waals surface area contributed by atoms with Crippen LogP contribution in [-0.2, 0) is 10.0 Å². The summed E-state index contributed by atoms with van der Waals surface area (Å²) >= 11 is 1.23. The number of thiophene rings is 1. The molecule has 0 amide bonds. The van der Waals surface area contributed by atoms with Crippen LogP contribution in [0, 0.1) is 24.2 Å². The topological polar surface area (TPSA) is 70.0 Å². The Labute approximate surface area is 118 Å². The highest BCUT2D eigenvalue weighted by molar-refractivity contribution is 7.91. The summed E-state index contributed by atoms with van der Waals surface area (Å²) < 4.78 is 27.5. The molecule has 0 bridgehead atoms. The fraction of sp³-hybridized carbons (Fsp3) is 0.615.